The zero-order valence-corrected chi connectivity index (χ0v) is 16.4. The molecule has 1 fully saturated rings. The molecule has 2 N–H and O–H groups in total. The summed E-state index contributed by atoms with van der Waals surface area (Å²) in [5, 5.41) is 6.46. The number of aryl methyl sites for hydroxylation is 3. The molecule has 1 aliphatic rings. The van der Waals surface area contributed by atoms with E-state index in [0.29, 0.717) is 32.7 Å². The van der Waals surface area contributed by atoms with Crippen molar-refractivity contribution in [3.05, 3.63) is 28.8 Å². The Morgan fingerprint density at radius 1 is 1.15 bits per heavy atom. The predicted octanol–water partition coefficient (Wildman–Crippen LogP) is 3.15. The van der Waals surface area contributed by atoms with Crippen LogP contribution in [0.2, 0.25) is 0 Å². The number of nitrogens with one attached hydrogen (secondary N) is 2. The van der Waals surface area contributed by atoms with E-state index >= 15 is 0 Å². The quantitative estimate of drug-likeness (QED) is 0.816. The first-order valence-electron chi connectivity index (χ1n) is 9.43. The first-order chi connectivity index (χ1) is 12.4. The highest BCUT2D eigenvalue weighted by Gasteiger charge is 2.24. The number of hydrogen-bond donors (Lipinski definition) is 2. The number of ether oxygens (including phenoxy) is 1. The number of benzene rings is 1. The molecule has 0 aromatic heterocycles. The van der Waals surface area contributed by atoms with Gasteiger partial charge in [0.1, 0.15) is 0 Å². The Balaban J connectivity index is 1.71. The highest BCUT2D eigenvalue weighted by molar-refractivity contribution is 5.77. The van der Waals surface area contributed by atoms with Crippen LogP contribution >= 0.6 is 0 Å². The Morgan fingerprint density at radius 3 is 2.35 bits per heavy atom. The Bertz CT molecular complexity index is 614. The maximum atomic E-state index is 12.2. The minimum absolute atomic E-state index is 0.0505. The number of piperidine rings is 1. The van der Waals surface area contributed by atoms with Crippen LogP contribution in [0.5, 0.6) is 0 Å². The van der Waals surface area contributed by atoms with Gasteiger partial charge in [0.2, 0.25) is 5.91 Å². The summed E-state index contributed by atoms with van der Waals surface area (Å²) in [7, 11) is 0. The molecule has 0 aliphatic carbocycles. The molecule has 0 saturated carbocycles. The number of carbonyl (C=O) groups excluding carboxylic acids is 2. The van der Waals surface area contributed by atoms with E-state index in [4.69, 9.17) is 4.74 Å². The van der Waals surface area contributed by atoms with Crippen molar-refractivity contribution >= 4 is 17.7 Å². The van der Waals surface area contributed by atoms with Gasteiger partial charge in [0.05, 0.1) is 6.61 Å². The van der Waals surface area contributed by atoms with Crippen molar-refractivity contribution in [1.29, 1.82) is 0 Å². The van der Waals surface area contributed by atoms with Gasteiger partial charge < -0.3 is 20.3 Å². The summed E-state index contributed by atoms with van der Waals surface area (Å²) in [6.07, 6.45) is 1.72. The van der Waals surface area contributed by atoms with Gasteiger partial charge in [0.25, 0.3) is 0 Å². The number of amides is 2. The molecule has 0 spiro atoms. The highest BCUT2D eigenvalue weighted by Crippen LogP contribution is 2.21. The zero-order valence-electron chi connectivity index (χ0n) is 16.4. The Hall–Kier alpha value is -2.24. The lowest BCUT2D eigenvalue weighted by atomic mass is 10.0. The molecule has 2 rings (SSSR count). The maximum Gasteiger partial charge on any atom is 0.409 e. The third kappa shape index (κ3) is 5.64. The van der Waals surface area contributed by atoms with Crippen molar-refractivity contribution < 1.29 is 14.3 Å². The van der Waals surface area contributed by atoms with Crippen LogP contribution < -0.4 is 10.6 Å². The fourth-order valence-corrected chi connectivity index (χ4v) is 3.48. The van der Waals surface area contributed by atoms with Crippen molar-refractivity contribution in [3.8, 4) is 0 Å². The van der Waals surface area contributed by atoms with Crippen LogP contribution in [0, 0.1) is 20.8 Å². The lowest BCUT2D eigenvalue weighted by molar-refractivity contribution is -0.121. The molecule has 1 aromatic rings. The molecular formula is C20H31N3O3. The third-order valence-corrected chi connectivity index (χ3v) is 4.72. The second-order valence-corrected chi connectivity index (χ2v) is 6.98. The summed E-state index contributed by atoms with van der Waals surface area (Å²) < 4.78 is 5.01. The standard InChI is InChI=1S/C20H31N3O3/c1-5-26-20(25)23-10-7-17(8-11-23)22-18(24)6-9-21-19-15(3)12-14(2)13-16(19)4/h12-13,17,21H,5-11H2,1-4H3,(H,22,24). The van der Waals surface area contributed by atoms with E-state index in [9.17, 15) is 9.59 Å². The minimum Gasteiger partial charge on any atom is -0.450 e. The summed E-state index contributed by atoms with van der Waals surface area (Å²) >= 11 is 0. The van der Waals surface area contributed by atoms with Gasteiger partial charge in [-0.3, -0.25) is 4.79 Å². The molecule has 144 valence electrons. The van der Waals surface area contributed by atoms with Gasteiger partial charge >= 0.3 is 6.09 Å². The predicted molar refractivity (Wildman–Crippen MR) is 104 cm³/mol. The lowest BCUT2D eigenvalue weighted by Gasteiger charge is -2.31. The van der Waals surface area contributed by atoms with Gasteiger partial charge in [-0.25, -0.2) is 4.79 Å². The van der Waals surface area contributed by atoms with E-state index in [-0.39, 0.29) is 18.0 Å². The van der Waals surface area contributed by atoms with Gasteiger partial charge in [-0.05, 0) is 51.7 Å². The van der Waals surface area contributed by atoms with Crippen molar-refractivity contribution in [2.45, 2.75) is 53.0 Å². The maximum absolute atomic E-state index is 12.2. The van der Waals surface area contributed by atoms with Crippen LogP contribution in [-0.2, 0) is 9.53 Å². The minimum atomic E-state index is -0.259. The SMILES string of the molecule is CCOC(=O)N1CCC(NC(=O)CCNc2c(C)cc(C)cc2C)CC1. The lowest BCUT2D eigenvalue weighted by Crippen LogP contribution is -2.46. The van der Waals surface area contributed by atoms with E-state index in [1.807, 2.05) is 0 Å². The van der Waals surface area contributed by atoms with E-state index in [2.05, 4.69) is 43.5 Å². The topological polar surface area (TPSA) is 70.7 Å². The average molecular weight is 361 g/mol. The molecule has 0 bridgehead atoms. The van der Waals surface area contributed by atoms with E-state index < -0.39 is 0 Å². The first kappa shape index (κ1) is 20.1. The number of likely N-dealkylation sites (tertiary alicyclic amines) is 1. The van der Waals surface area contributed by atoms with Crippen molar-refractivity contribution in [2.24, 2.45) is 0 Å². The summed E-state index contributed by atoms with van der Waals surface area (Å²) in [6, 6.07) is 4.43. The molecule has 0 atom stereocenters. The summed E-state index contributed by atoms with van der Waals surface area (Å²) in [6.45, 7) is 10.3. The van der Waals surface area contributed by atoms with Crippen molar-refractivity contribution in [2.75, 3.05) is 31.6 Å². The van der Waals surface area contributed by atoms with Gasteiger partial charge in [-0.1, -0.05) is 17.7 Å². The molecule has 6 heteroatoms. The van der Waals surface area contributed by atoms with E-state index in [0.717, 1.165) is 18.5 Å². The molecule has 26 heavy (non-hydrogen) atoms. The molecule has 1 saturated heterocycles. The Labute approximate surface area is 156 Å². The molecule has 1 aromatic carbocycles. The number of nitrogens with zero attached hydrogens (tertiary/aromatic N) is 1. The van der Waals surface area contributed by atoms with E-state index in [1.165, 1.54) is 16.7 Å². The zero-order chi connectivity index (χ0) is 19.1. The van der Waals surface area contributed by atoms with Crippen molar-refractivity contribution in [1.82, 2.24) is 10.2 Å². The van der Waals surface area contributed by atoms with Crippen LogP contribution in [0.3, 0.4) is 0 Å². The van der Waals surface area contributed by atoms with Gasteiger partial charge in [-0.2, -0.15) is 0 Å². The Kier molecular flexibility index (Phi) is 7.30. The number of rotatable bonds is 6. The second-order valence-electron chi connectivity index (χ2n) is 6.98. The fourth-order valence-electron chi connectivity index (χ4n) is 3.48. The van der Waals surface area contributed by atoms with E-state index in [1.54, 1.807) is 11.8 Å². The smallest absolute Gasteiger partial charge is 0.409 e. The molecule has 0 unspecified atom stereocenters. The molecule has 0 radical (unpaired) electrons. The van der Waals surface area contributed by atoms with Gasteiger partial charge in [0, 0.05) is 37.8 Å². The van der Waals surface area contributed by atoms with Gasteiger partial charge in [-0.15, -0.1) is 0 Å². The van der Waals surface area contributed by atoms with Crippen LogP contribution in [-0.4, -0.2) is 49.2 Å². The van der Waals surface area contributed by atoms with Crippen LogP contribution in [0.15, 0.2) is 12.1 Å². The monoisotopic (exact) mass is 361 g/mol. The van der Waals surface area contributed by atoms with Crippen LogP contribution in [0.1, 0.15) is 42.9 Å². The normalized spacial score (nSPS) is 14.8. The van der Waals surface area contributed by atoms with Crippen molar-refractivity contribution in [3.63, 3.8) is 0 Å². The summed E-state index contributed by atoms with van der Waals surface area (Å²) in [5.41, 5.74) is 4.77. The number of hydrogen-bond acceptors (Lipinski definition) is 4. The molecular weight excluding hydrogens is 330 g/mol. The number of anilines is 1. The highest BCUT2D eigenvalue weighted by atomic mass is 16.6. The first-order valence-corrected chi connectivity index (χ1v) is 9.43. The van der Waals surface area contributed by atoms with Crippen LogP contribution in [0.4, 0.5) is 10.5 Å². The fraction of sp³-hybridized carbons (Fsp3) is 0.600. The van der Waals surface area contributed by atoms with Crippen LogP contribution in [0.25, 0.3) is 0 Å². The molecule has 1 aliphatic heterocycles. The Morgan fingerprint density at radius 2 is 1.77 bits per heavy atom. The molecule has 1 heterocycles. The summed E-state index contributed by atoms with van der Waals surface area (Å²) in [4.78, 5) is 25.6. The second kappa shape index (κ2) is 9.46. The van der Waals surface area contributed by atoms with Gasteiger partial charge in [0.15, 0.2) is 0 Å². The number of carbonyl (C=O) groups is 2. The molecule has 2 amide bonds. The third-order valence-electron chi connectivity index (χ3n) is 4.72. The molecule has 6 nitrogen and oxygen atoms in total. The average Bonchev–Trinajstić information content (AvgIpc) is 2.58. The largest absolute Gasteiger partial charge is 0.450 e. The summed E-state index contributed by atoms with van der Waals surface area (Å²) in [5.74, 6) is 0.0505.